The summed E-state index contributed by atoms with van der Waals surface area (Å²) in [7, 11) is 1.49. The van der Waals surface area contributed by atoms with Gasteiger partial charge in [0, 0.05) is 12.7 Å². The predicted molar refractivity (Wildman–Crippen MR) is 46.4 cm³/mol. The zero-order valence-corrected chi connectivity index (χ0v) is 6.82. The molecule has 2 nitrogen and oxygen atoms in total. The van der Waals surface area contributed by atoms with Gasteiger partial charge in [-0.2, -0.15) is 0 Å². The Kier molecular flexibility index (Phi) is 1.53. The lowest BCUT2D eigenvalue weighted by Crippen LogP contribution is -2.22. The largest absolute Gasteiger partial charge is 0.359 e. The van der Waals surface area contributed by atoms with Gasteiger partial charge in [-0.3, -0.25) is 0 Å². The Morgan fingerprint density at radius 3 is 2.83 bits per heavy atom. The van der Waals surface area contributed by atoms with Crippen molar-refractivity contribution in [1.29, 1.82) is 0 Å². The number of fused-ring (bicyclic) bond motifs is 1. The summed E-state index contributed by atoms with van der Waals surface area (Å²) in [5.41, 5.74) is 1.83. The Bertz CT molecular complexity index is 330. The highest BCUT2D eigenvalue weighted by Gasteiger charge is 2.31. The van der Waals surface area contributed by atoms with Crippen molar-refractivity contribution in [2.45, 2.75) is 5.79 Å². The molecule has 2 heteroatoms. The minimum Gasteiger partial charge on any atom is -0.359 e. The molecular formula is C10H10O2. The van der Waals surface area contributed by atoms with Gasteiger partial charge < -0.3 is 9.84 Å². The lowest BCUT2D eigenvalue weighted by atomic mass is 10.1. The van der Waals surface area contributed by atoms with Gasteiger partial charge in [-0.25, -0.2) is 0 Å². The predicted octanol–water partition coefficient (Wildman–Crippen LogP) is 1.50. The van der Waals surface area contributed by atoms with E-state index in [1.807, 2.05) is 30.3 Å². The highest BCUT2D eigenvalue weighted by molar-refractivity contribution is 5.62. The molecule has 0 spiro atoms. The summed E-state index contributed by atoms with van der Waals surface area (Å²) in [4.78, 5) is 0. The number of ether oxygens (including phenoxy) is 1. The first-order valence-electron chi connectivity index (χ1n) is 3.82. The quantitative estimate of drug-likeness (QED) is 0.634. The Morgan fingerprint density at radius 2 is 2.08 bits per heavy atom. The van der Waals surface area contributed by atoms with Crippen LogP contribution >= 0.6 is 0 Å². The smallest absolute Gasteiger partial charge is 0.213 e. The fourth-order valence-electron chi connectivity index (χ4n) is 1.44. The van der Waals surface area contributed by atoms with Crippen LogP contribution in [0.3, 0.4) is 0 Å². The molecule has 0 saturated heterocycles. The van der Waals surface area contributed by atoms with Crippen molar-refractivity contribution < 1.29 is 9.84 Å². The van der Waals surface area contributed by atoms with Gasteiger partial charge in [0.1, 0.15) is 0 Å². The van der Waals surface area contributed by atoms with Gasteiger partial charge in [0.2, 0.25) is 5.79 Å². The standard InChI is InChI=1S/C10H10O2/c1-12-10(11)7-6-8-4-2-3-5-9(8)10/h2-7,11H,1H3. The molecule has 1 N–H and O–H groups in total. The molecule has 0 radical (unpaired) electrons. The number of rotatable bonds is 1. The summed E-state index contributed by atoms with van der Waals surface area (Å²) in [5.74, 6) is -1.21. The lowest BCUT2D eigenvalue weighted by molar-refractivity contribution is -0.151. The fraction of sp³-hybridized carbons (Fsp3) is 0.200. The number of aliphatic hydroxyl groups is 1. The Balaban J connectivity index is 2.56. The average molecular weight is 162 g/mol. The molecule has 12 heavy (non-hydrogen) atoms. The SMILES string of the molecule is COC1(O)C=Cc2ccccc21. The van der Waals surface area contributed by atoms with Gasteiger partial charge in [-0.05, 0) is 11.6 Å². The van der Waals surface area contributed by atoms with Gasteiger partial charge in [-0.15, -0.1) is 0 Å². The first kappa shape index (κ1) is 7.53. The second-order valence-corrected chi connectivity index (χ2v) is 2.82. The summed E-state index contributed by atoms with van der Waals surface area (Å²) in [6.45, 7) is 0. The molecule has 62 valence electrons. The summed E-state index contributed by atoms with van der Waals surface area (Å²) >= 11 is 0. The van der Waals surface area contributed by atoms with E-state index in [0.29, 0.717) is 0 Å². The van der Waals surface area contributed by atoms with E-state index in [9.17, 15) is 5.11 Å². The second kappa shape index (κ2) is 2.44. The third-order valence-electron chi connectivity index (χ3n) is 2.15. The van der Waals surface area contributed by atoms with Crippen LogP contribution in [0.15, 0.2) is 30.3 Å². The van der Waals surface area contributed by atoms with Crippen molar-refractivity contribution in [3.63, 3.8) is 0 Å². The molecule has 0 aliphatic heterocycles. The molecule has 1 aliphatic carbocycles. The van der Waals surface area contributed by atoms with E-state index in [1.54, 1.807) is 6.08 Å². The molecule has 0 amide bonds. The van der Waals surface area contributed by atoms with E-state index in [-0.39, 0.29) is 0 Å². The third-order valence-corrected chi connectivity index (χ3v) is 2.15. The van der Waals surface area contributed by atoms with Gasteiger partial charge >= 0.3 is 0 Å². The van der Waals surface area contributed by atoms with Gasteiger partial charge in [0.25, 0.3) is 0 Å². The molecule has 0 saturated carbocycles. The van der Waals surface area contributed by atoms with Gasteiger partial charge in [0.15, 0.2) is 0 Å². The van der Waals surface area contributed by atoms with Crippen LogP contribution in [0.5, 0.6) is 0 Å². The zero-order chi connectivity index (χ0) is 8.60. The minimum atomic E-state index is -1.21. The molecule has 0 heterocycles. The first-order valence-corrected chi connectivity index (χ1v) is 3.82. The van der Waals surface area contributed by atoms with Gasteiger partial charge in [-0.1, -0.05) is 30.3 Å². The van der Waals surface area contributed by atoms with E-state index in [4.69, 9.17) is 4.74 Å². The summed E-state index contributed by atoms with van der Waals surface area (Å²) in [6.07, 6.45) is 3.51. The summed E-state index contributed by atoms with van der Waals surface area (Å²) in [6, 6.07) is 7.63. The molecule has 2 rings (SSSR count). The molecule has 1 aliphatic rings. The van der Waals surface area contributed by atoms with Crippen LogP contribution in [0.4, 0.5) is 0 Å². The van der Waals surface area contributed by atoms with E-state index >= 15 is 0 Å². The van der Waals surface area contributed by atoms with E-state index < -0.39 is 5.79 Å². The normalized spacial score (nSPS) is 25.8. The van der Waals surface area contributed by atoms with E-state index in [1.165, 1.54) is 7.11 Å². The third kappa shape index (κ3) is 0.891. The number of methoxy groups -OCH3 is 1. The molecule has 0 bridgehead atoms. The molecular weight excluding hydrogens is 152 g/mol. The monoisotopic (exact) mass is 162 g/mol. The molecule has 0 fully saturated rings. The van der Waals surface area contributed by atoms with Crippen molar-refractivity contribution in [2.75, 3.05) is 7.11 Å². The molecule has 1 atom stereocenters. The summed E-state index contributed by atoms with van der Waals surface area (Å²) < 4.78 is 4.99. The lowest BCUT2D eigenvalue weighted by Gasteiger charge is -2.19. The topological polar surface area (TPSA) is 29.5 Å². The highest BCUT2D eigenvalue weighted by Crippen LogP contribution is 2.33. The van der Waals surface area contributed by atoms with Crippen LogP contribution < -0.4 is 0 Å². The number of hydrogen-bond acceptors (Lipinski definition) is 2. The second-order valence-electron chi connectivity index (χ2n) is 2.82. The van der Waals surface area contributed by atoms with Crippen molar-refractivity contribution in [2.24, 2.45) is 0 Å². The van der Waals surface area contributed by atoms with Crippen LogP contribution in [0.1, 0.15) is 11.1 Å². The van der Waals surface area contributed by atoms with Crippen LogP contribution in [-0.2, 0) is 10.5 Å². The summed E-state index contributed by atoms with van der Waals surface area (Å²) in [5, 5.41) is 9.84. The first-order chi connectivity index (χ1) is 5.76. The average Bonchev–Trinajstić information content (AvgIpc) is 2.46. The van der Waals surface area contributed by atoms with Crippen LogP contribution in [0.25, 0.3) is 6.08 Å². The molecule has 0 aromatic heterocycles. The maximum atomic E-state index is 9.84. The molecule has 1 aromatic rings. The molecule has 1 unspecified atom stereocenters. The Hall–Kier alpha value is -1.12. The zero-order valence-electron chi connectivity index (χ0n) is 6.82. The van der Waals surface area contributed by atoms with Crippen LogP contribution in [0.2, 0.25) is 0 Å². The van der Waals surface area contributed by atoms with E-state index in [0.717, 1.165) is 11.1 Å². The van der Waals surface area contributed by atoms with Crippen LogP contribution in [0, 0.1) is 0 Å². The Labute approximate surface area is 71.1 Å². The number of benzene rings is 1. The van der Waals surface area contributed by atoms with Crippen LogP contribution in [-0.4, -0.2) is 12.2 Å². The van der Waals surface area contributed by atoms with Crippen molar-refractivity contribution in [1.82, 2.24) is 0 Å². The van der Waals surface area contributed by atoms with Crippen molar-refractivity contribution >= 4 is 6.08 Å². The van der Waals surface area contributed by atoms with Crippen molar-refractivity contribution in [3.8, 4) is 0 Å². The minimum absolute atomic E-state index is 0.813. The maximum Gasteiger partial charge on any atom is 0.213 e. The fourth-order valence-corrected chi connectivity index (χ4v) is 1.44. The van der Waals surface area contributed by atoms with E-state index in [2.05, 4.69) is 0 Å². The Morgan fingerprint density at radius 1 is 1.33 bits per heavy atom. The number of hydrogen-bond donors (Lipinski definition) is 1. The van der Waals surface area contributed by atoms with Crippen molar-refractivity contribution in [3.05, 3.63) is 41.5 Å². The maximum absolute atomic E-state index is 9.84. The molecule has 1 aromatic carbocycles. The van der Waals surface area contributed by atoms with Gasteiger partial charge in [0.05, 0.1) is 0 Å². The highest BCUT2D eigenvalue weighted by atomic mass is 16.6.